The van der Waals surface area contributed by atoms with Crippen molar-refractivity contribution in [2.75, 3.05) is 11.9 Å². The molecule has 1 aliphatic rings. The van der Waals surface area contributed by atoms with Gasteiger partial charge >= 0.3 is 0 Å². The number of nitriles is 1. The number of thioether (sulfide) groups is 1. The molecule has 2 aromatic rings. The first-order valence-electron chi connectivity index (χ1n) is 10.2. The molecule has 1 N–H and O–H groups in total. The SMILES string of the molecule is CCCn1c(NCc2ccccc2Cl)c(/C=C2/SC(=S)N(CC)C2=O)c(C)c(C#N)c1=O. The summed E-state index contributed by atoms with van der Waals surface area (Å²) in [6, 6.07) is 9.49. The number of likely N-dealkylation sites (N-methyl/N-ethyl adjacent to an activating group) is 1. The number of rotatable bonds is 7. The van der Waals surface area contributed by atoms with Crippen LogP contribution in [0.1, 0.15) is 42.5 Å². The van der Waals surface area contributed by atoms with Crippen molar-refractivity contribution in [3.63, 3.8) is 0 Å². The number of thiocarbonyl (C=S) groups is 1. The number of carbonyl (C=O) groups is 1. The van der Waals surface area contributed by atoms with E-state index in [0.29, 0.717) is 57.2 Å². The summed E-state index contributed by atoms with van der Waals surface area (Å²) in [4.78, 5) is 27.9. The van der Waals surface area contributed by atoms with Crippen LogP contribution in [-0.4, -0.2) is 26.2 Å². The monoisotopic (exact) mass is 486 g/mol. The van der Waals surface area contributed by atoms with Gasteiger partial charge in [-0.25, -0.2) is 0 Å². The number of hydrogen-bond donors (Lipinski definition) is 1. The van der Waals surface area contributed by atoms with E-state index in [9.17, 15) is 14.9 Å². The van der Waals surface area contributed by atoms with Crippen LogP contribution in [0.3, 0.4) is 0 Å². The van der Waals surface area contributed by atoms with Crippen molar-refractivity contribution in [1.82, 2.24) is 9.47 Å². The summed E-state index contributed by atoms with van der Waals surface area (Å²) >= 11 is 12.9. The molecule has 32 heavy (non-hydrogen) atoms. The normalized spacial score (nSPS) is 14.8. The Morgan fingerprint density at radius 2 is 2.00 bits per heavy atom. The fourth-order valence-electron chi connectivity index (χ4n) is 3.51. The van der Waals surface area contributed by atoms with Crippen LogP contribution < -0.4 is 10.9 Å². The maximum atomic E-state index is 13.1. The van der Waals surface area contributed by atoms with E-state index in [1.807, 2.05) is 38.1 Å². The smallest absolute Gasteiger partial charge is 0.270 e. The lowest BCUT2D eigenvalue weighted by molar-refractivity contribution is -0.121. The Bertz CT molecular complexity index is 1210. The van der Waals surface area contributed by atoms with Gasteiger partial charge in [-0.2, -0.15) is 5.26 Å². The van der Waals surface area contributed by atoms with Gasteiger partial charge in [0, 0.05) is 30.2 Å². The number of pyridine rings is 1. The number of carbonyl (C=O) groups excluding carboxylic acids is 1. The molecule has 2 heterocycles. The second-order valence-electron chi connectivity index (χ2n) is 7.20. The quantitative estimate of drug-likeness (QED) is 0.442. The molecule has 0 aliphatic carbocycles. The molecule has 1 aromatic heterocycles. The highest BCUT2D eigenvalue weighted by atomic mass is 35.5. The highest BCUT2D eigenvalue weighted by Crippen LogP contribution is 2.35. The van der Waals surface area contributed by atoms with Crippen LogP contribution in [0.5, 0.6) is 0 Å². The first-order valence-corrected chi connectivity index (χ1v) is 11.8. The molecule has 0 unspecified atom stereocenters. The average molecular weight is 487 g/mol. The molecule has 6 nitrogen and oxygen atoms in total. The van der Waals surface area contributed by atoms with E-state index in [1.165, 1.54) is 16.7 Å². The van der Waals surface area contributed by atoms with Gasteiger partial charge in [-0.1, -0.05) is 60.7 Å². The van der Waals surface area contributed by atoms with Crippen LogP contribution in [0, 0.1) is 18.3 Å². The van der Waals surface area contributed by atoms with Crippen LogP contribution in [-0.2, 0) is 17.9 Å². The van der Waals surface area contributed by atoms with Gasteiger partial charge in [0.25, 0.3) is 11.5 Å². The summed E-state index contributed by atoms with van der Waals surface area (Å²) in [6.45, 7) is 6.84. The number of amides is 1. The van der Waals surface area contributed by atoms with E-state index < -0.39 is 0 Å². The third kappa shape index (κ3) is 4.60. The zero-order valence-corrected chi connectivity index (χ0v) is 20.5. The predicted molar refractivity (Wildman–Crippen MR) is 135 cm³/mol. The van der Waals surface area contributed by atoms with Gasteiger partial charge in [0.05, 0.1) is 4.91 Å². The van der Waals surface area contributed by atoms with Crippen molar-refractivity contribution >= 4 is 57.7 Å². The van der Waals surface area contributed by atoms with Gasteiger partial charge in [0.15, 0.2) is 0 Å². The molecule has 1 aromatic carbocycles. The molecule has 3 rings (SSSR count). The lowest BCUT2D eigenvalue weighted by atomic mass is 10.0. The summed E-state index contributed by atoms with van der Waals surface area (Å²) in [6.07, 6.45) is 2.43. The van der Waals surface area contributed by atoms with Crippen molar-refractivity contribution < 1.29 is 4.79 Å². The Labute approximate surface area is 201 Å². The number of anilines is 1. The molecule has 0 saturated carbocycles. The standard InChI is InChI=1S/C23H23ClN4O2S2/c1-4-10-28-20(26-13-15-8-6-7-9-18(15)24)16(14(3)17(12-25)21(28)29)11-19-22(30)27(5-2)23(31)32-19/h6-9,11,26H,4-5,10,13H2,1-3H3/b19-11+. The summed E-state index contributed by atoms with van der Waals surface area (Å²) in [5, 5.41) is 13.6. The molecule has 166 valence electrons. The molecule has 1 aliphatic heterocycles. The minimum absolute atomic E-state index is 0.0685. The van der Waals surface area contributed by atoms with E-state index in [2.05, 4.69) is 5.32 Å². The molecule has 9 heteroatoms. The molecule has 1 saturated heterocycles. The Kier molecular flexibility index (Phi) is 7.77. The first-order chi connectivity index (χ1) is 15.3. The second-order valence-corrected chi connectivity index (χ2v) is 9.28. The maximum Gasteiger partial charge on any atom is 0.270 e. The van der Waals surface area contributed by atoms with Gasteiger partial charge < -0.3 is 5.32 Å². The van der Waals surface area contributed by atoms with Crippen molar-refractivity contribution in [1.29, 1.82) is 5.26 Å². The van der Waals surface area contributed by atoms with E-state index in [1.54, 1.807) is 23.6 Å². The maximum absolute atomic E-state index is 13.1. The largest absolute Gasteiger partial charge is 0.367 e. The number of halogens is 1. The van der Waals surface area contributed by atoms with Gasteiger partial charge in [-0.05, 0) is 43.5 Å². The summed E-state index contributed by atoms with van der Waals surface area (Å²) < 4.78 is 2.06. The zero-order valence-electron chi connectivity index (χ0n) is 18.1. The molecule has 0 bridgehead atoms. The zero-order chi connectivity index (χ0) is 23.4. The van der Waals surface area contributed by atoms with Crippen molar-refractivity contribution in [2.45, 2.75) is 40.3 Å². The number of aromatic nitrogens is 1. The van der Waals surface area contributed by atoms with Crippen LogP contribution in [0.25, 0.3) is 6.08 Å². The summed E-state index contributed by atoms with van der Waals surface area (Å²) in [5.74, 6) is 0.376. The van der Waals surface area contributed by atoms with Crippen molar-refractivity contribution in [3.8, 4) is 6.07 Å². The lowest BCUT2D eigenvalue weighted by Gasteiger charge is -2.20. The number of nitrogens with zero attached hydrogens (tertiary/aromatic N) is 3. The highest BCUT2D eigenvalue weighted by Gasteiger charge is 2.31. The second kappa shape index (κ2) is 10.3. The fraction of sp³-hybridized carbons (Fsp3) is 0.304. The average Bonchev–Trinajstić information content (AvgIpc) is 3.04. The predicted octanol–water partition coefficient (Wildman–Crippen LogP) is 4.93. The molecular formula is C23H23ClN4O2S2. The Morgan fingerprint density at radius 1 is 1.28 bits per heavy atom. The topological polar surface area (TPSA) is 78.1 Å². The summed E-state index contributed by atoms with van der Waals surface area (Å²) in [7, 11) is 0. The van der Waals surface area contributed by atoms with Crippen molar-refractivity contribution in [3.05, 3.63) is 66.8 Å². The van der Waals surface area contributed by atoms with Gasteiger partial charge in [0.2, 0.25) is 0 Å². The van der Waals surface area contributed by atoms with E-state index in [-0.39, 0.29) is 17.0 Å². The summed E-state index contributed by atoms with van der Waals surface area (Å²) in [5.41, 5.74) is 1.73. The minimum atomic E-state index is -0.355. The molecule has 0 radical (unpaired) electrons. The third-order valence-corrected chi connectivity index (χ3v) is 6.94. The molecule has 0 spiro atoms. The third-order valence-electron chi connectivity index (χ3n) is 5.19. The van der Waals surface area contributed by atoms with Crippen LogP contribution in [0.15, 0.2) is 34.0 Å². The van der Waals surface area contributed by atoms with Gasteiger partial charge in [-0.15, -0.1) is 0 Å². The fourth-order valence-corrected chi connectivity index (χ4v) is 5.08. The first kappa shape index (κ1) is 24.1. The minimum Gasteiger partial charge on any atom is -0.367 e. The molecule has 1 amide bonds. The van der Waals surface area contributed by atoms with Gasteiger partial charge in [-0.3, -0.25) is 19.1 Å². The Hall–Kier alpha value is -2.60. The van der Waals surface area contributed by atoms with Crippen LogP contribution >= 0.6 is 35.6 Å². The van der Waals surface area contributed by atoms with Crippen LogP contribution in [0.4, 0.5) is 5.82 Å². The number of nitrogens with one attached hydrogen (secondary N) is 1. The van der Waals surface area contributed by atoms with Crippen LogP contribution in [0.2, 0.25) is 5.02 Å². The van der Waals surface area contributed by atoms with E-state index in [4.69, 9.17) is 23.8 Å². The number of hydrogen-bond acceptors (Lipinski definition) is 6. The lowest BCUT2D eigenvalue weighted by Crippen LogP contribution is -2.28. The van der Waals surface area contributed by atoms with E-state index >= 15 is 0 Å². The molecular weight excluding hydrogens is 464 g/mol. The Balaban J connectivity index is 2.19. The molecule has 1 fully saturated rings. The van der Waals surface area contributed by atoms with E-state index in [0.717, 1.165) is 5.56 Å². The highest BCUT2D eigenvalue weighted by molar-refractivity contribution is 8.26. The molecule has 0 atom stereocenters. The number of benzene rings is 1. The van der Waals surface area contributed by atoms with Gasteiger partial charge in [0.1, 0.15) is 21.8 Å². The Morgan fingerprint density at radius 3 is 2.59 bits per heavy atom. The van der Waals surface area contributed by atoms with Crippen molar-refractivity contribution in [2.24, 2.45) is 0 Å².